The molecule has 0 spiro atoms. The Labute approximate surface area is 180 Å². The van der Waals surface area contributed by atoms with Crippen LogP contribution in [0.5, 0.6) is 0 Å². The average Bonchev–Trinajstić information content (AvgIpc) is 3.28. The summed E-state index contributed by atoms with van der Waals surface area (Å²) in [4.78, 5) is 23.2. The number of carbonyl (C=O) groups excluding carboxylic acids is 1. The number of carbonyl (C=O) groups is 1. The monoisotopic (exact) mass is 441 g/mol. The van der Waals surface area contributed by atoms with Gasteiger partial charge >= 0.3 is 6.18 Å². The number of halogens is 3. The number of benzene rings is 2. The number of nitrogen functional groups attached to an aromatic ring is 1. The summed E-state index contributed by atoms with van der Waals surface area (Å²) in [5.74, 6) is 0.0405. The van der Waals surface area contributed by atoms with Crippen molar-refractivity contribution in [1.82, 2.24) is 19.3 Å². The van der Waals surface area contributed by atoms with E-state index in [0.717, 1.165) is 12.1 Å². The molecular weight excluding hydrogens is 423 g/mol. The minimum Gasteiger partial charge on any atom is -0.382 e. The van der Waals surface area contributed by atoms with Crippen molar-refractivity contribution in [3.8, 4) is 0 Å². The van der Waals surface area contributed by atoms with Gasteiger partial charge in [-0.2, -0.15) is 13.2 Å². The molecule has 1 aliphatic rings. The van der Waals surface area contributed by atoms with Gasteiger partial charge in [0.05, 0.1) is 48.4 Å². The Morgan fingerprint density at radius 1 is 1.22 bits per heavy atom. The van der Waals surface area contributed by atoms with E-state index in [9.17, 15) is 18.0 Å². The molecule has 10 heteroatoms. The maximum atomic E-state index is 13.3. The largest absolute Gasteiger partial charge is 0.416 e. The molecule has 0 saturated carbocycles. The molecule has 5 rings (SSSR count). The second-order valence-electron chi connectivity index (χ2n) is 7.71. The molecule has 4 aromatic rings. The quantitative estimate of drug-likeness (QED) is 0.511. The standard InChI is InChI=1S/C22H18F3N5O2/c1-29(19-10-32-9-13-6-14(22(23,24)25)3-4-15(13)19)21(31)12-2-5-16-17(7-12)30-11-27-8-18(30)20(26)28-16/h2-8,11,19H,9-10H2,1H3,(H2,26,28)/t19-/m0/s1. The van der Waals surface area contributed by atoms with Gasteiger partial charge in [-0.05, 0) is 41.5 Å². The smallest absolute Gasteiger partial charge is 0.382 e. The lowest BCUT2D eigenvalue weighted by Crippen LogP contribution is -2.36. The Morgan fingerprint density at radius 3 is 2.81 bits per heavy atom. The van der Waals surface area contributed by atoms with E-state index < -0.39 is 17.8 Å². The molecular formula is C22H18F3N5O2. The Hall–Kier alpha value is -3.66. The molecule has 0 fully saturated rings. The number of anilines is 1. The summed E-state index contributed by atoms with van der Waals surface area (Å²) in [6, 6.07) is 8.09. The molecule has 0 saturated heterocycles. The summed E-state index contributed by atoms with van der Waals surface area (Å²) < 4.78 is 46.5. The molecule has 2 aromatic carbocycles. The number of likely N-dealkylation sites (N-methyl/N-ethyl adjacent to an activating group) is 1. The topological polar surface area (TPSA) is 85.8 Å². The number of nitrogens with zero attached hydrogens (tertiary/aromatic N) is 4. The second-order valence-corrected chi connectivity index (χ2v) is 7.71. The van der Waals surface area contributed by atoms with Crippen LogP contribution in [0.2, 0.25) is 0 Å². The number of aromatic nitrogens is 3. The predicted molar refractivity (Wildman–Crippen MR) is 111 cm³/mol. The number of fused-ring (bicyclic) bond motifs is 4. The molecule has 1 amide bonds. The lowest BCUT2D eigenvalue weighted by atomic mass is 9.95. The fourth-order valence-electron chi connectivity index (χ4n) is 4.08. The summed E-state index contributed by atoms with van der Waals surface area (Å²) in [7, 11) is 1.61. The number of ether oxygens (including phenoxy) is 1. The summed E-state index contributed by atoms with van der Waals surface area (Å²) in [5, 5.41) is 0. The van der Waals surface area contributed by atoms with Gasteiger partial charge in [-0.15, -0.1) is 0 Å². The van der Waals surface area contributed by atoms with Crippen molar-refractivity contribution in [3.63, 3.8) is 0 Å². The number of rotatable bonds is 2. The van der Waals surface area contributed by atoms with Gasteiger partial charge in [0, 0.05) is 12.6 Å². The van der Waals surface area contributed by atoms with E-state index in [1.807, 2.05) is 0 Å². The van der Waals surface area contributed by atoms with E-state index in [0.29, 0.717) is 39.1 Å². The van der Waals surface area contributed by atoms with Crippen molar-refractivity contribution in [2.24, 2.45) is 0 Å². The molecule has 32 heavy (non-hydrogen) atoms. The van der Waals surface area contributed by atoms with E-state index >= 15 is 0 Å². The van der Waals surface area contributed by atoms with Gasteiger partial charge in [0.15, 0.2) is 0 Å². The van der Waals surface area contributed by atoms with Crippen LogP contribution in [0.3, 0.4) is 0 Å². The third-order valence-electron chi connectivity index (χ3n) is 5.77. The highest BCUT2D eigenvalue weighted by Gasteiger charge is 2.34. The first-order valence-corrected chi connectivity index (χ1v) is 9.80. The van der Waals surface area contributed by atoms with Crippen LogP contribution in [0.25, 0.3) is 16.6 Å². The number of hydrogen-bond donors (Lipinski definition) is 1. The molecule has 7 nitrogen and oxygen atoms in total. The van der Waals surface area contributed by atoms with Crippen molar-refractivity contribution in [2.75, 3.05) is 19.4 Å². The zero-order valence-electron chi connectivity index (χ0n) is 16.9. The van der Waals surface area contributed by atoms with Gasteiger partial charge in [0.2, 0.25) is 0 Å². The number of amides is 1. The molecule has 0 unspecified atom stereocenters. The minimum absolute atomic E-state index is 0.0689. The van der Waals surface area contributed by atoms with E-state index in [2.05, 4.69) is 9.97 Å². The lowest BCUT2D eigenvalue weighted by molar-refractivity contribution is -0.137. The highest BCUT2D eigenvalue weighted by molar-refractivity contribution is 5.98. The number of imidazole rings is 1. The number of alkyl halides is 3. The Kier molecular flexibility index (Phi) is 4.55. The summed E-state index contributed by atoms with van der Waals surface area (Å²) in [6.45, 7) is 0.261. The van der Waals surface area contributed by atoms with Gasteiger partial charge in [-0.25, -0.2) is 9.97 Å². The second kappa shape index (κ2) is 7.20. The van der Waals surface area contributed by atoms with Crippen LogP contribution in [0, 0.1) is 0 Å². The Balaban J connectivity index is 1.50. The van der Waals surface area contributed by atoms with Crippen molar-refractivity contribution in [1.29, 1.82) is 0 Å². The zero-order valence-corrected chi connectivity index (χ0v) is 16.9. The third kappa shape index (κ3) is 3.23. The summed E-state index contributed by atoms with van der Waals surface area (Å²) in [5.41, 5.74) is 8.61. The molecule has 164 valence electrons. The van der Waals surface area contributed by atoms with Crippen molar-refractivity contribution >= 4 is 28.3 Å². The summed E-state index contributed by atoms with van der Waals surface area (Å²) >= 11 is 0. The molecule has 0 bridgehead atoms. The molecule has 0 radical (unpaired) electrons. The normalized spacial score (nSPS) is 16.3. The number of hydrogen-bond acceptors (Lipinski definition) is 5. The number of nitrogens with two attached hydrogens (primary N) is 1. The van der Waals surface area contributed by atoms with Crippen LogP contribution in [-0.2, 0) is 17.5 Å². The first-order valence-electron chi connectivity index (χ1n) is 9.80. The molecule has 3 heterocycles. The lowest BCUT2D eigenvalue weighted by Gasteiger charge is -2.33. The van der Waals surface area contributed by atoms with Crippen LogP contribution in [-0.4, -0.2) is 38.8 Å². The van der Waals surface area contributed by atoms with E-state index in [1.54, 1.807) is 42.2 Å². The van der Waals surface area contributed by atoms with Crippen LogP contribution in [0.4, 0.5) is 19.0 Å². The van der Waals surface area contributed by atoms with Gasteiger partial charge in [-0.3, -0.25) is 9.20 Å². The van der Waals surface area contributed by atoms with Crippen LogP contribution in [0.1, 0.15) is 33.1 Å². The van der Waals surface area contributed by atoms with E-state index in [1.165, 1.54) is 11.0 Å². The van der Waals surface area contributed by atoms with Gasteiger partial charge in [0.1, 0.15) is 11.3 Å². The van der Waals surface area contributed by atoms with E-state index in [4.69, 9.17) is 10.5 Å². The Bertz CT molecular complexity index is 1370. The van der Waals surface area contributed by atoms with Crippen LogP contribution >= 0.6 is 0 Å². The SMILES string of the molecule is CN(C(=O)c1ccc2nc(N)c3cncn3c2c1)[C@H]1COCc2cc(C(F)(F)F)ccc21. The molecule has 2 aromatic heterocycles. The zero-order chi connectivity index (χ0) is 22.6. The predicted octanol–water partition coefficient (Wildman–Crippen LogP) is 3.83. The first kappa shape index (κ1) is 20.3. The fourth-order valence-corrected chi connectivity index (χ4v) is 4.08. The maximum absolute atomic E-state index is 13.3. The van der Waals surface area contributed by atoms with Gasteiger partial charge in [-0.1, -0.05) is 6.07 Å². The molecule has 1 aliphatic heterocycles. The molecule has 1 atom stereocenters. The Morgan fingerprint density at radius 2 is 2.03 bits per heavy atom. The molecule has 0 aliphatic carbocycles. The van der Waals surface area contributed by atoms with Crippen LogP contribution < -0.4 is 5.73 Å². The van der Waals surface area contributed by atoms with Crippen molar-refractivity contribution in [2.45, 2.75) is 18.8 Å². The fraction of sp³-hybridized carbons (Fsp3) is 0.227. The average molecular weight is 441 g/mol. The highest BCUT2D eigenvalue weighted by atomic mass is 19.4. The maximum Gasteiger partial charge on any atom is 0.416 e. The molecule has 2 N–H and O–H groups in total. The third-order valence-corrected chi connectivity index (χ3v) is 5.77. The van der Waals surface area contributed by atoms with Gasteiger partial charge in [0.25, 0.3) is 5.91 Å². The van der Waals surface area contributed by atoms with Crippen molar-refractivity contribution in [3.05, 3.63) is 71.2 Å². The van der Waals surface area contributed by atoms with Crippen LogP contribution in [0.15, 0.2) is 48.9 Å². The highest BCUT2D eigenvalue weighted by Crippen LogP contribution is 2.35. The van der Waals surface area contributed by atoms with Crippen molar-refractivity contribution < 1.29 is 22.7 Å². The first-order chi connectivity index (χ1) is 15.2. The summed E-state index contributed by atoms with van der Waals surface area (Å²) in [6.07, 6.45) is -1.25. The van der Waals surface area contributed by atoms with Gasteiger partial charge < -0.3 is 15.4 Å². The van der Waals surface area contributed by atoms with E-state index in [-0.39, 0.29) is 19.1 Å². The minimum atomic E-state index is -4.44.